The molecule has 16 heteroatoms. The molecule has 2 unspecified atom stereocenters. The monoisotopic (exact) mass is 607 g/mol. The highest BCUT2D eigenvalue weighted by molar-refractivity contribution is 7.52. The molecule has 3 aromatic rings. The van der Waals surface area contributed by atoms with Crippen LogP contribution in [0.3, 0.4) is 0 Å². The van der Waals surface area contributed by atoms with Crippen LogP contribution < -0.4 is 15.3 Å². The number of ether oxygens (including phenoxy) is 4. The molecule has 2 aliphatic rings. The minimum Gasteiger partial charge on any atom is -0.462 e. The van der Waals surface area contributed by atoms with Crippen LogP contribution in [0.2, 0.25) is 0 Å². The number of hydrogen-bond acceptors (Lipinski definition) is 13. The normalized spacial score (nSPS) is 26.9. The first kappa shape index (κ1) is 30.3. The van der Waals surface area contributed by atoms with Crippen LogP contribution in [0.5, 0.6) is 5.75 Å². The number of fused-ring (bicyclic) bond motifs is 2. The highest BCUT2D eigenvalue weighted by atomic mass is 31.2. The lowest BCUT2D eigenvalue weighted by Crippen LogP contribution is -2.38. The second-order valence-corrected chi connectivity index (χ2v) is 11.4. The van der Waals surface area contributed by atoms with Gasteiger partial charge in [0, 0.05) is 6.61 Å². The molecule has 2 fully saturated rings. The highest BCUT2D eigenvalue weighted by Gasteiger charge is 2.79. The summed E-state index contributed by atoms with van der Waals surface area (Å²) in [6.45, 7) is 4.79. The fraction of sp³-hybridized carbons (Fsp3) is 0.500. The molecule has 3 heterocycles. The van der Waals surface area contributed by atoms with Crippen molar-refractivity contribution in [1.82, 2.24) is 19.7 Å². The highest BCUT2D eigenvalue weighted by Crippen LogP contribution is 2.61. The number of benzene rings is 1. The van der Waals surface area contributed by atoms with E-state index in [0.29, 0.717) is 31.0 Å². The average molecular weight is 608 g/mol. The Labute approximate surface area is 241 Å². The summed E-state index contributed by atoms with van der Waals surface area (Å²) in [7, 11) is -4.34. The molecule has 1 aliphatic heterocycles. The quantitative estimate of drug-likeness (QED) is 0.108. The van der Waals surface area contributed by atoms with Crippen molar-refractivity contribution in [2.24, 2.45) is 0 Å². The molecule has 0 bridgehead atoms. The summed E-state index contributed by atoms with van der Waals surface area (Å²) in [5.74, 6) is -0.303. The lowest BCUT2D eigenvalue weighted by Gasteiger charge is -2.26. The Morgan fingerprint density at radius 3 is 2.64 bits per heavy atom. The molecule has 7 atom stereocenters. The number of carbonyl (C=O) groups is 1. The van der Waals surface area contributed by atoms with Crippen molar-refractivity contribution < 1.29 is 47.6 Å². The van der Waals surface area contributed by atoms with Crippen LogP contribution in [0.25, 0.3) is 5.52 Å². The first-order valence-corrected chi connectivity index (χ1v) is 15.0. The summed E-state index contributed by atoms with van der Waals surface area (Å²) in [6.07, 6.45) is -3.48. The third-order valence-corrected chi connectivity index (χ3v) is 8.57. The molecule has 1 aliphatic carbocycles. The lowest BCUT2D eigenvalue weighted by atomic mass is 10.1. The Balaban J connectivity index is 1.24. The van der Waals surface area contributed by atoms with Gasteiger partial charge in [-0.15, -0.1) is 0 Å². The average Bonchev–Trinajstić information content (AvgIpc) is 3.23. The van der Waals surface area contributed by atoms with Crippen molar-refractivity contribution in [3.05, 3.63) is 54.5 Å². The summed E-state index contributed by atoms with van der Waals surface area (Å²) >= 11 is 0. The van der Waals surface area contributed by atoms with Gasteiger partial charge in [-0.3, -0.25) is 9.32 Å². The molecular formula is C26H34N5O10P. The van der Waals surface area contributed by atoms with Crippen LogP contribution in [0.1, 0.15) is 25.6 Å². The van der Waals surface area contributed by atoms with Crippen molar-refractivity contribution in [3.63, 3.8) is 0 Å². The zero-order valence-corrected chi connectivity index (χ0v) is 24.0. The van der Waals surface area contributed by atoms with E-state index < -0.39 is 49.8 Å². The van der Waals surface area contributed by atoms with Crippen LogP contribution in [0, 0.1) is 0 Å². The number of aromatic nitrogens is 3. The molecule has 42 heavy (non-hydrogen) atoms. The first-order valence-electron chi connectivity index (χ1n) is 13.4. The van der Waals surface area contributed by atoms with E-state index in [2.05, 4.69) is 15.2 Å². The molecule has 0 spiro atoms. The Morgan fingerprint density at radius 1 is 1.19 bits per heavy atom. The smallest absolute Gasteiger partial charge is 0.459 e. The third-order valence-electron chi connectivity index (χ3n) is 6.91. The number of nitrogens with two attached hydrogens (primary N) is 1. The number of nitrogens with one attached hydrogen (secondary N) is 1. The van der Waals surface area contributed by atoms with E-state index in [1.807, 2.05) is 6.92 Å². The maximum absolute atomic E-state index is 13.9. The third kappa shape index (κ3) is 6.14. The van der Waals surface area contributed by atoms with Crippen LogP contribution in [-0.4, -0.2) is 93.8 Å². The standard InChI is InChI=1S/C26H34N5O10P/c1-3-36-11-12-37-13-14-38-25(33)16(2)30-42(35,40-17-7-5-4-6-8-17)41-23-22-26(23,34)21(32)20(39-22)18-9-10-19-24(27)28-15-29-31(18)19/h4-10,15-16,20-23,32,34H,3,11-14H2,1-2H3,(H,30,35)(H2,27,28,29)/t16-,20-,21-,22+,23?,26-,42?/m0/s1. The summed E-state index contributed by atoms with van der Waals surface area (Å²) < 4.78 is 48.5. The number of aliphatic hydroxyl groups is 2. The summed E-state index contributed by atoms with van der Waals surface area (Å²) in [6, 6.07) is 10.4. The summed E-state index contributed by atoms with van der Waals surface area (Å²) in [5, 5.41) is 29.1. The maximum Gasteiger partial charge on any atom is 0.459 e. The second-order valence-electron chi connectivity index (χ2n) is 9.77. The zero-order chi connectivity index (χ0) is 29.9. The SMILES string of the molecule is CCOCCOCCOC(=O)[C@H](C)NP(=O)(Oc1ccccc1)OC1[C@H]2O[C@@H](c3ccc4c(N)ncnn34)[C@H](O)[C@@]12O. The molecule has 1 saturated heterocycles. The van der Waals surface area contributed by atoms with Gasteiger partial charge in [-0.2, -0.15) is 10.2 Å². The molecule has 15 nitrogen and oxygen atoms in total. The first-order chi connectivity index (χ1) is 20.2. The van der Waals surface area contributed by atoms with Crippen LogP contribution in [0.15, 0.2) is 48.8 Å². The molecule has 0 amide bonds. The van der Waals surface area contributed by atoms with Crippen molar-refractivity contribution in [1.29, 1.82) is 0 Å². The molecule has 5 rings (SSSR count). The maximum atomic E-state index is 13.9. The number of hydrogen-bond donors (Lipinski definition) is 4. The van der Waals surface area contributed by atoms with Crippen LogP contribution in [0.4, 0.5) is 5.82 Å². The number of para-hydroxylation sites is 1. The van der Waals surface area contributed by atoms with Gasteiger partial charge in [-0.25, -0.2) is 14.1 Å². The topological polar surface area (TPSA) is 198 Å². The number of nitrogen functional groups attached to an aromatic ring is 1. The number of rotatable bonds is 15. The lowest BCUT2D eigenvalue weighted by molar-refractivity contribution is -0.147. The zero-order valence-electron chi connectivity index (χ0n) is 23.1. The fourth-order valence-corrected chi connectivity index (χ4v) is 6.42. The molecular weight excluding hydrogens is 573 g/mol. The number of carbonyl (C=O) groups excluding carboxylic acids is 1. The second kappa shape index (κ2) is 12.6. The van der Waals surface area contributed by atoms with E-state index in [0.717, 1.165) is 0 Å². The van der Waals surface area contributed by atoms with E-state index in [1.165, 1.54) is 17.8 Å². The number of aliphatic hydroxyl groups excluding tert-OH is 1. The van der Waals surface area contributed by atoms with Crippen molar-refractivity contribution >= 4 is 25.1 Å². The van der Waals surface area contributed by atoms with E-state index in [1.54, 1.807) is 42.5 Å². The Kier molecular flexibility index (Phi) is 9.11. The number of anilines is 1. The van der Waals surface area contributed by atoms with Gasteiger partial charge >= 0.3 is 13.7 Å². The van der Waals surface area contributed by atoms with Crippen molar-refractivity contribution in [2.45, 2.75) is 49.9 Å². The predicted octanol–water partition coefficient (Wildman–Crippen LogP) is 1.00. The Morgan fingerprint density at radius 2 is 1.93 bits per heavy atom. The minimum absolute atomic E-state index is 0.0292. The number of nitrogens with zero attached hydrogens (tertiary/aromatic N) is 3. The van der Waals surface area contributed by atoms with E-state index >= 15 is 0 Å². The van der Waals surface area contributed by atoms with Crippen molar-refractivity contribution in [3.8, 4) is 5.75 Å². The van der Waals surface area contributed by atoms with Crippen molar-refractivity contribution in [2.75, 3.05) is 38.8 Å². The van der Waals surface area contributed by atoms with Gasteiger partial charge < -0.3 is 39.4 Å². The summed E-state index contributed by atoms with van der Waals surface area (Å²) in [4.78, 5) is 16.5. The van der Waals surface area contributed by atoms with Gasteiger partial charge in [-0.05, 0) is 38.1 Å². The summed E-state index contributed by atoms with van der Waals surface area (Å²) in [5.41, 5.74) is 4.93. The Bertz CT molecular complexity index is 1430. The fourth-order valence-electron chi connectivity index (χ4n) is 4.71. The molecule has 1 saturated carbocycles. The molecule has 1 aromatic carbocycles. The molecule has 2 aromatic heterocycles. The molecule has 5 N–H and O–H groups in total. The molecule has 228 valence electrons. The molecule has 0 radical (unpaired) electrons. The van der Waals surface area contributed by atoms with Crippen LogP contribution >= 0.6 is 7.75 Å². The van der Waals surface area contributed by atoms with Gasteiger partial charge in [0.1, 0.15) is 54.7 Å². The van der Waals surface area contributed by atoms with Gasteiger partial charge in [0.05, 0.1) is 25.5 Å². The predicted molar refractivity (Wildman–Crippen MR) is 146 cm³/mol. The minimum atomic E-state index is -4.34. The van der Waals surface area contributed by atoms with Gasteiger partial charge in [0.2, 0.25) is 0 Å². The van der Waals surface area contributed by atoms with E-state index in [4.69, 9.17) is 33.7 Å². The van der Waals surface area contributed by atoms with E-state index in [-0.39, 0.29) is 24.8 Å². The van der Waals surface area contributed by atoms with Gasteiger partial charge in [0.25, 0.3) is 0 Å². The largest absolute Gasteiger partial charge is 0.462 e. The van der Waals surface area contributed by atoms with Gasteiger partial charge in [-0.1, -0.05) is 18.2 Å². The van der Waals surface area contributed by atoms with Crippen LogP contribution in [-0.2, 0) is 32.8 Å². The number of esters is 1. The Hall–Kier alpha value is -3.14. The van der Waals surface area contributed by atoms with Gasteiger partial charge in [0.15, 0.2) is 11.4 Å². The van der Waals surface area contributed by atoms with E-state index in [9.17, 15) is 19.6 Å².